The van der Waals surface area contributed by atoms with Gasteiger partial charge in [-0.3, -0.25) is 10.1 Å². The molecule has 4 rings (SSSR count). The van der Waals surface area contributed by atoms with Crippen LogP contribution in [0.4, 0.5) is 11.5 Å². The van der Waals surface area contributed by atoms with Crippen molar-refractivity contribution in [3.05, 3.63) is 80.1 Å². The highest BCUT2D eigenvalue weighted by molar-refractivity contribution is 6.32. The maximum Gasteiger partial charge on any atom is 0.373 e. The summed E-state index contributed by atoms with van der Waals surface area (Å²) in [4.78, 5) is 21.6. The Kier molecular flexibility index (Phi) is 5.07. The highest BCUT2D eigenvalue weighted by Crippen LogP contribution is 2.38. The first kappa shape index (κ1) is 19.1. The number of fused-ring (bicyclic) bond motifs is 1. The lowest BCUT2D eigenvalue weighted by atomic mass is 10.00. The van der Waals surface area contributed by atoms with Crippen molar-refractivity contribution in [1.82, 2.24) is 9.97 Å². The van der Waals surface area contributed by atoms with Gasteiger partial charge >= 0.3 is 11.6 Å². The Morgan fingerprint density at radius 1 is 1.14 bits per heavy atom. The predicted octanol–water partition coefficient (Wildman–Crippen LogP) is 5.01. The zero-order chi connectivity index (χ0) is 20.5. The number of benzene rings is 2. The molecule has 1 aliphatic rings. The molecule has 0 spiro atoms. The van der Waals surface area contributed by atoms with Gasteiger partial charge in [0, 0.05) is 18.1 Å². The molecule has 0 atom stereocenters. The second-order valence-electron chi connectivity index (χ2n) is 7.02. The molecule has 7 nitrogen and oxygen atoms in total. The molecule has 29 heavy (non-hydrogen) atoms. The summed E-state index contributed by atoms with van der Waals surface area (Å²) in [6, 6.07) is 11.6. The third kappa shape index (κ3) is 3.73. The van der Waals surface area contributed by atoms with Crippen molar-refractivity contribution in [2.24, 2.45) is 0 Å². The largest absolute Gasteiger partial charge is 0.434 e. The molecule has 0 fully saturated rings. The van der Waals surface area contributed by atoms with Gasteiger partial charge in [0.25, 0.3) is 0 Å². The van der Waals surface area contributed by atoms with E-state index >= 15 is 0 Å². The number of rotatable bonds is 4. The molecular formula is C21H19ClN4O3. The topological polar surface area (TPSA) is 81.4 Å². The van der Waals surface area contributed by atoms with E-state index in [2.05, 4.69) is 16.0 Å². The Morgan fingerprint density at radius 2 is 1.83 bits per heavy atom. The Morgan fingerprint density at radius 3 is 2.52 bits per heavy atom. The highest BCUT2D eigenvalue weighted by Gasteiger charge is 2.30. The molecule has 0 aliphatic carbocycles. The Bertz CT molecular complexity index is 1080. The summed E-state index contributed by atoms with van der Waals surface area (Å²) in [5.41, 5.74) is 3.80. The van der Waals surface area contributed by atoms with Gasteiger partial charge in [0.1, 0.15) is 12.1 Å². The number of aryl methyl sites for hydroxylation is 2. The van der Waals surface area contributed by atoms with Gasteiger partial charge < -0.3 is 9.64 Å². The molecule has 0 saturated carbocycles. The molecule has 0 saturated heterocycles. The quantitative estimate of drug-likeness (QED) is 0.444. The molecule has 2 heterocycles. The molecule has 3 aromatic rings. The van der Waals surface area contributed by atoms with Crippen molar-refractivity contribution in [2.75, 3.05) is 11.4 Å². The van der Waals surface area contributed by atoms with Crippen LogP contribution in [0.2, 0.25) is 5.02 Å². The minimum Gasteiger partial charge on any atom is -0.434 e. The van der Waals surface area contributed by atoms with Crippen molar-refractivity contribution >= 4 is 23.1 Å². The van der Waals surface area contributed by atoms with Crippen LogP contribution in [-0.4, -0.2) is 21.4 Å². The number of nitrogens with zero attached hydrogens (tertiary/aromatic N) is 4. The van der Waals surface area contributed by atoms with Crippen molar-refractivity contribution in [3.8, 4) is 11.6 Å². The number of nitro groups is 1. The number of aromatic nitrogens is 2. The van der Waals surface area contributed by atoms with Crippen LogP contribution in [0.5, 0.6) is 11.6 Å². The highest BCUT2D eigenvalue weighted by atomic mass is 35.5. The first-order valence-electron chi connectivity index (χ1n) is 9.19. The molecule has 0 radical (unpaired) electrons. The average Bonchev–Trinajstić information content (AvgIpc) is 2.71. The van der Waals surface area contributed by atoms with Crippen LogP contribution in [0.15, 0.2) is 42.7 Å². The van der Waals surface area contributed by atoms with E-state index in [0.717, 1.165) is 23.1 Å². The molecule has 1 aromatic heterocycles. The second kappa shape index (κ2) is 7.67. The molecule has 0 unspecified atom stereocenters. The minimum absolute atomic E-state index is 0.0834. The van der Waals surface area contributed by atoms with Crippen LogP contribution in [0, 0.1) is 24.0 Å². The van der Waals surface area contributed by atoms with Crippen LogP contribution in [0.25, 0.3) is 0 Å². The molecule has 148 valence electrons. The van der Waals surface area contributed by atoms with Gasteiger partial charge in [-0.25, -0.2) is 4.98 Å². The Hall–Kier alpha value is -3.19. The van der Waals surface area contributed by atoms with E-state index in [4.69, 9.17) is 16.3 Å². The van der Waals surface area contributed by atoms with Gasteiger partial charge in [0.15, 0.2) is 0 Å². The number of halogens is 1. The fourth-order valence-corrected chi connectivity index (χ4v) is 3.68. The van der Waals surface area contributed by atoms with E-state index in [9.17, 15) is 10.1 Å². The molecule has 2 aromatic carbocycles. The fraction of sp³-hybridized carbons (Fsp3) is 0.238. The van der Waals surface area contributed by atoms with Crippen LogP contribution in [0.3, 0.4) is 0 Å². The maximum absolute atomic E-state index is 11.9. The first-order chi connectivity index (χ1) is 13.9. The molecule has 0 amide bonds. The third-order valence-corrected chi connectivity index (χ3v) is 5.60. The summed E-state index contributed by atoms with van der Waals surface area (Å²) in [5, 5.41) is 12.5. The summed E-state index contributed by atoms with van der Waals surface area (Å²) in [6.07, 6.45) is 2.09. The van der Waals surface area contributed by atoms with E-state index in [1.165, 1.54) is 11.9 Å². The van der Waals surface area contributed by atoms with E-state index in [1.54, 1.807) is 12.1 Å². The summed E-state index contributed by atoms with van der Waals surface area (Å²) in [7, 11) is 0. The lowest BCUT2D eigenvalue weighted by Gasteiger charge is -2.29. The van der Waals surface area contributed by atoms with Gasteiger partial charge in [-0.05, 0) is 54.7 Å². The second-order valence-corrected chi connectivity index (χ2v) is 7.40. The zero-order valence-corrected chi connectivity index (χ0v) is 16.8. The third-order valence-electron chi connectivity index (χ3n) is 5.01. The molecule has 8 heteroatoms. The Labute approximate surface area is 173 Å². The van der Waals surface area contributed by atoms with Gasteiger partial charge in [-0.15, -0.1) is 0 Å². The summed E-state index contributed by atoms with van der Waals surface area (Å²) in [6.45, 7) is 4.89. The number of hydrogen-bond acceptors (Lipinski definition) is 6. The van der Waals surface area contributed by atoms with Crippen molar-refractivity contribution < 1.29 is 9.66 Å². The van der Waals surface area contributed by atoms with Crippen LogP contribution >= 0.6 is 11.6 Å². The van der Waals surface area contributed by atoms with Crippen LogP contribution < -0.4 is 9.64 Å². The maximum atomic E-state index is 11.9. The summed E-state index contributed by atoms with van der Waals surface area (Å²) < 4.78 is 5.81. The summed E-state index contributed by atoms with van der Waals surface area (Å²) in [5.74, 6) is 0.623. The van der Waals surface area contributed by atoms with E-state index < -0.39 is 4.92 Å². The molecule has 0 bridgehead atoms. The van der Waals surface area contributed by atoms with E-state index in [-0.39, 0.29) is 17.4 Å². The van der Waals surface area contributed by atoms with E-state index in [0.29, 0.717) is 23.9 Å². The lowest BCUT2D eigenvalue weighted by Crippen LogP contribution is -2.31. The number of ether oxygens (including phenoxy) is 1. The summed E-state index contributed by atoms with van der Waals surface area (Å²) >= 11 is 6.21. The molecule has 1 aliphatic heterocycles. The van der Waals surface area contributed by atoms with Crippen molar-refractivity contribution in [1.29, 1.82) is 0 Å². The first-order valence-corrected chi connectivity index (χ1v) is 9.57. The fourth-order valence-electron chi connectivity index (χ4n) is 3.57. The number of hydrogen-bond donors (Lipinski definition) is 0. The van der Waals surface area contributed by atoms with Gasteiger partial charge in [-0.1, -0.05) is 35.9 Å². The normalized spacial score (nSPS) is 13.1. The number of anilines is 1. The van der Waals surface area contributed by atoms with Crippen LogP contribution in [-0.2, 0) is 13.0 Å². The lowest BCUT2D eigenvalue weighted by molar-refractivity contribution is -0.385. The van der Waals surface area contributed by atoms with Crippen LogP contribution in [0.1, 0.15) is 22.3 Å². The molecule has 0 N–H and O–H groups in total. The zero-order valence-electron chi connectivity index (χ0n) is 16.1. The Balaban J connectivity index is 1.71. The average molecular weight is 411 g/mol. The van der Waals surface area contributed by atoms with Gasteiger partial charge in [0.05, 0.1) is 4.92 Å². The van der Waals surface area contributed by atoms with Gasteiger partial charge in [0.2, 0.25) is 5.82 Å². The smallest absolute Gasteiger partial charge is 0.373 e. The minimum atomic E-state index is -0.485. The SMILES string of the molecule is Cc1cc(Oc2ncnc(N3CCc4ccccc4C3)c2[N+](=O)[O-])cc(C)c1Cl. The predicted molar refractivity (Wildman–Crippen MR) is 111 cm³/mol. The van der Waals surface area contributed by atoms with E-state index in [1.807, 2.05) is 36.9 Å². The van der Waals surface area contributed by atoms with Crippen molar-refractivity contribution in [3.63, 3.8) is 0 Å². The van der Waals surface area contributed by atoms with Gasteiger partial charge in [-0.2, -0.15) is 4.98 Å². The van der Waals surface area contributed by atoms with Crippen molar-refractivity contribution in [2.45, 2.75) is 26.8 Å². The monoisotopic (exact) mass is 410 g/mol. The molecular weight excluding hydrogens is 392 g/mol. The standard InChI is InChI=1S/C21H19ClN4O3/c1-13-9-17(10-14(2)18(13)22)29-21-19(26(27)28)20(23-12-24-21)25-8-7-15-5-3-4-6-16(15)11-25/h3-6,9-10,12H,7-8,11H2,1-2H3.